The number of aromatic nitrogens is 4. The molecule has 1 unspecified atom stereocenters. The van der Waals surface area contributed by atoms with E-state index in [2.05, 4.69) is 40.7 Å². The number of nitrogens with one attached hydrogen (secondary N) is 2. The highest BCUT2D eigenvalue weighted by Gasteiger charge is 2.13. The van der Waals surface area contributed by atoms with Crippen molar-refractivity contribution in [2.75, 3.05) is 0 Å². The highest BCUT2D eigenvalue weighted by molar-refractivity contribution is 5.63. The second-order valence-corrected chi connectivity index (χ2v) is 4.10. The summed E-state index contributed by atoms with van der Waals surface area (Å²) in [7, 11) is 0. The fraction of sp³-hybridized carbons (Fsp3) is 0.500. The molecule has 0 aliphatic carbocycles. The third kappa shape index (κ3) is 1.77. The van der Waals surface area contributed by atoms with Gasteiger partial charge in [-0.15, -0.1) is 0 Å². The molecule has 0 fully saturated rings. The van der Waals surface area contributed by atoms with Crippen LogP contribution in [0.1, 0.15) is 32.4 Å². The van der Waals surface area contributed by atoms with Crippen molar-refractivity contribution in [2.24, 2.45) is 5.92 Å². The molecule has 0 saturated carbocycles. The number of fused-ring (bicyclic) bond motifs is 1. The quantitative estimate of drug-likeness (QED) is 0.780. The summed E-state index contributed by atoms with van der Waals surface area (Å²) < 4.78 is 0. The number of imidazole rings is 1. The number of aromatic amines is 2. The molecule has 5 nitrogen and oxygen atoms in total. The van der Waals surface area contributed by atoms with Gasteiger partial charge < -0.3 is 0 Å². The Kier molecular flexibility index (Phi) is 2.30. The van der Waals surface area contributed by atoms with E-state index in [9.17, 15) is 4.79 Å². The van der Waals surface area contributed by atoms with Gasteiger partial charge in [0.25, 0.3) is 0 Å². The van der Waals surface area contributed by atoms with Gasteiger partial charge in [0.1, 0.15) is 0 Å². The lowest BCUT2D eigenvalue weighted by molar-refractivity contribution is 0.523. The zero-order valence-corrected chi connectivity index (χ0v) is 9.03. The normalized spacial score (nSPS) is 13.6. The van der Waals surface area contributed by atoms with Crippen molar-refractivity contribution >= 4 is 11.3 Å². The number of rotatable bonds is 2. The molecule has 2 aromatic rings. The molecule has 0 aromatic carbocycles. The smallest absolute Gasteiger partial charge is 0.289 e. The summed E-state index contributed by atoms with van der Waals surface area (Å²) in [6.45, 7) is 6.37. The third-order valence-electron chi connectivity index (χ3n) is 2.72. The third-order valence-corrected chi connectivity index (χ3v) is 2.72. The maximum Gasteiger partial charge on any atom is 0.326 e. The Bertz CT molecular complexity index is 525. The lowest BCUT2D eigenvalue weighted by Crippen LogP contribution is -2.05. The molecular weight excluding hydrogens is 192 g/mol. The van der Waals surface area contributed by atoms with Gasteiger partial charge in [-0.2, -0.15) is 0 Å². The van der Waals surface area contributed by atoms with Crippen molar-refractivity contribution in [3.63, 3.8) is 0 Å². The van der Waals surface area contributed by atoms with E-state index in [-0.39, 0.29) is 5.69 Å². The second kappa shape index (κ2) is 3.49. The van der Waals surface area contributed by atoms with Crippen LogP contribution in [0.4, 0.5) is 0 Å². The summed E-state index contributed by atoms with van der Waals surface area (Å²) >= 11 is 0. The van der Waals surface area contributed by atoms with E-state index < -0.39 is 0 Å². The molecule has 0 aliphatic heterocycles. The Morgan fingerprint density at radius 3 is 2.53 bits per heavy atom. The minimum atomic E-state index is -0.264. The van der Waals surface area contributed by atoms with Crippen LogP contribution in [-0.4, -0.2) is 19.9 Å². The summed E-state index contributed by atoms with van der Waals surface area (Å²) in [4.78, 5) is 24.7. The van der Waals surface area contributed by atoms with Crippen LogP contribution in [0.25, 0.3) is 11.3 Å². The van der Waals surface area contributed by atoms with Gasteiger partial charge >= 0.3 is 5.69 Å². The molecule has 0 amide bonds. The van der Waals surface area contributed by atoms with Gasteiger partial charge in [-0.3, -0.25) is 9.97 Å². The SMILES string of the molecule is CC(C)C(C)c1cnc2[nH]c(=O)[nH]c2n1. The fourth-order valence-electron chi connectivity index (χ4n) is 1.39. The van der Waals surface area contributed by atoms with Crippen LogP contribution >= 0.6 is 0 Å². The fourth-order valence-corrected chi connectivity index (χ4v) is 1.39. The molecular formula is C10H14N4O. The topological polar surface area (TPSA) is 74.4 Å². The summed E-state index contributed by atoms with van der Waals surface area (Å²) in [5.41, 5.74) is 1.69. The van der Waals surface area contributed by atoms with Crippen molar-refractivity contribution in [1.29, 1.82) is 0 Å². The zero-order chi connectivity index (χ0) is 11.0. The second-order valence-electron chi connectivity index (χ2n) is 4.10. The van der Waals surface area contributed by atoms with Gasteiger partial charge in [0.05, 0.1) is 11.9 Å². The monoisotopic (exact) mass is 206 g/mol. The Morgan fingerprint density at radius 1 is 1.20 bits per heavy atom. The summed E-state index contributed by atoms with van der Waals surface area (Å²) in [6.07, 6.45) is 1.72. The van der Waals surface area contributed by atoms with E-state index in [0.717, 1.165) is 5.69 Å². The average Bonchev–Trinajstić information content (AvgIpc) is 2.55. The highest BCUT2D eigenvalue weighted by atomic mass is 16.1. The minimum Gasteiger partial charge on any atom is -0.289 e. The van der Waals surface area contributed by atoms with Gasteiger partial charge in [0.2, 0.25) is 0 Å². The molecule has 0 radical (unpaired) electrons. The summed E-state index contributed by atoms with van der Waals surface area (Å²) in [6, 6.07) is 0. The first-order chi connectivity index (χ1) is 7.08. The molecule has 0 bridgehead atoms. The number of H-pyrrole nitrogens is 2. The van der Waals surface area contributed by atoms with Crippen LogP contribution in [-0.2, 0) is 0 Å². The van der Waals surface area contributed by atoms with Crippen molar-refractivity contribution < 1.29 is 0 Å². The number of hydrogen-bond acceptors (Lipinski definition) is 3. The summed E-state index contributed by atoms with van der Waals surface area (Å²) in [5, 5.41) is 0. The zero-order valence-electron chi connectivity index (χ0n) is 9.03. The van der Waals surface area contributed by atoms with Gasteiger partial charge in [-0.25, -0.2) is 14.8 Å². The molecule has 2 heterocycles. The predicted octanol–water partition coefficient (Wildman–Crippen LogP) is 1.41. The first-order valence-corrected chi connectivity index (χ1v) is 5.03. The van der Waals surface area contributed by atoms with E-state index in [0.29, 0.717) is 23.1 Å². The maximum absolute atomic E-state index is 11.0. The van der Waals surface area contributed by atoms with Crippen LogP contribution in [0.3, 0.4) is 0 Å². The molecule has 0 aliphatic rings. The molecule has 5 heteroatoms. The van der Waals surface area contributed by atoms with Crippen LogP contribution in [0, 0.1) is 5.92 Å². The number of nitrogens with zero attached hydrogens (tertiary/aromatic N) is 2. The van der Waals surface area contributed by atoms with Crippen molar-refractivity contribution in [3.05, 3.63) is 22.4 Å². The minimum absolute atomic E-state index is 0.264. The Balaban J connectivity index is 2.50. The lowest BCUT2D eigenvalue weighted by Gasteiger charge is -2.13. The largest absolute Gasteiger partial charge is 0.326 e. The van der Waals surface area contributed by atoms with Crippen molar-refractivity contribution in [2.45, 2.75) is 26.7 Å². The Labute approximate surface area is 87.0 Å². The molecule has 15 heavy (non-hydrogen) atoms. The van der Waals surface area contributed by atoms with Crippen LogP contribution < -0.4 is 5.69 Å². The van der Waals surface area contributed by atoms with E-state index in [1.807, 2.05) is 0 Å². The standard InChI is InChI=1S/C10H14N4O/c1-5(2)6(3)7-4-11-8-9(12-7)14-10(15)13-8/h4-6H,1-3H3,(H2,11,12,13,14,15). The van der Waals surface area contributed by atoms with Crippen LogP contribution in [0.2, 0.25) is 0 Å². The molecule has 80 valence electrons. The van der Waals surface area contributed by atoms with E-state index in [1.165, 1.54) is 0 Å². The van der Waals surface area contributed by atoms with Gasteiger partial charge in [0, 0.05) is 5.92 Å². The van der Waals surface area contributed by atoms with Crippen LogP contribution in [0.15, 0.2) is 11.0 Å². The Morgan fingerprint density at radius 2 is 1.87 bits per heavy atom. The molecule has 2 rings (SSSR count). The van der Waals surface area contributed by atoms with E-state index in [1.54, 1.807) is 6.20 Å². The molecule has 2 aromatic heterocycles. The van der Waals surface area contributed by atoms with E-state index in [4.69, 9.17) is 0 Å². The highest BCUT2D eigenvalue weighted by Crippen LogP contribution is 2.21. The summed E-state index contributed by atoms with van der Waals surface area (Å²) in [5.74, 6) is 0.836. The lowest BCUT2D eigenvalue weighted by atomic mass is 9.95. The van der Waals surface area contributed by atoms with Gasteiger partial charge in [0.15, 0.2) is 11.3 Å². The van der Waals surface area contributed by atoms with E-state index >= 15 is 0 Å². The molecule has 0 saturated heterocycles. The molecule has 2 N–H and O–H groups in total. The first-order valence-electron chi connectivity index (χ1n) is 5.03. The average molecular weight is 206 g/mol. The van der Waals surface area contributed by atoms with Crippen molar-refractivity contribution in [1.82, 2.24) is 19.9 Å². The maximum atomic E-state index is 11.0. The predicted molar refractivity (Wildman–Crippen MR) is 57.8 cm³/mol. The van der Waals surface area contributed by atoms with Gasteiger partial charge in [-0.05, 0) is 5.92 Å². The number of hydrogen-bond donors (Lipinski definition) is 2. The van der Waals surface area contributed by atoms with Crippen molar-refractivity contribution in [3.8, 4) is 0 Å². The first kappa shape index (κ1) is 9.89. The Hall–Kier alpha value is -1.65. The van der Waals surface area contributed by atoms with Gasteiger partial charge in [-0.1, -0.05) is 20.8 Å². The van der Waals surface area contributed by atoms with Crippen LogP contribution in [0.5, 0.6) is 0 Å². The molecule has 1 atom stereocenters. The molecule has 0 spiro atoms.